The summed E-state index contributed by atoms with van der Waals surface area (Å²) in [5, 5.41) is 7.64. The lowest BCUT2D eigenvalue weighted by molar-refractivity contribution is 0.784. The molecule has 2 N–H and O–H groups in total. The molecule has 23 heavy (non-hydrogen) atoms. The van der Waals surface area contributed by atoms with E-state index in [9.17, 15) is 0 Å². The molecule has 0 fully saturated rings. The first kappa shape index (κ1) is 15.5. The third-order valence-corrected chi connectivity index (χ3v) is 4.30. The van der Waals surface area contributed by atoms with Gasteiger partial charge in [-0.1, -0.05) is 6.07 Å². The summed E-state index contributed by atoms with van der Waals surface area (Å²) >= 11 is 1.69. The van der Waals surface area contributed by atoms with Crippen LogP contribution in [0.3, 0.4) is 0 Å². The van der Waals surface area contributed by atoms with E-state index in [0.29, 0.717) is 6.54 Å². The predicted octanol–water partition coefficient (Wildman–Crippen LogP) is 2.01. The SMILES string of the molecule is CN=C(NCCc1cn2ccccc2n1)NCc1ncc(C)s1. The zero-order valence-electron chi connectivity index (χ0n) is 13.3. The van der Waals surface area contributed by atoms with E-state index in [0.717, 1.165) is 35.3 Å². The standard InChI is InChI=1S/C16H20N6S/c1-12-9-19-15(23-12)10-20-16(17-2)18-7-6-13-11-22-8-4-3-5-14(22)21-13/h3-5,8-9,11H,6-7,10H2,1-2H3,(H2,17,18,20). The summed E-state index contributed by atoms with van der Waals surface area (Å²) in [7, 11) is 1.77. The molecule has 0 unspecified atom stereocenters. The van der Waals surface area contributed by atoms with Gasteiger partial charge in [-0.05, 0) is 19.1 Å². The van der Waals surface area contributed by atoms with Gasteiger partial charge >= 0.3 is 0 Å². The van der Waals surface area contributed by atoms with Crippen molar-refractivity contribution in [3.63, 3.8) is 0 Å². The van der Waals surface area contributed by atoms with Gasteiger partial charge in [-0.3, -0.25) is 4.99 Å². The van der Waals surface area contributed by atoms with Crippen molar-refractivity contribution in [3.8, 4) is 0 Å². The fraction of sp³-hybridized carbons (Fsp3) is 0.312. The van der Waals surface area contributed by atoms with Crippen LogP contribution in [0.2, 0.25) is 0 Å². The first-order valence-electron chi connectivity index (χ1n) is 7.53. The van der Waals surface area contributed by atoms with Crippen molar-refractivity contribution in [2.45, 2.75) is 19.9 Å². The first-order valence-corrected chi connectivity index (χ1v) is 8.34. The van der Waals surface area contributed by atoms with E-state index in [1.165, 1.54) is 4.88 Å². The molecule has 6 nitrogen and oxygen atoms in total. The maximum atomic E-state index is 4.59. The van der Waals surface area contributed by atoms with Gasteiger partial charge in [-0.15, -0.1) is 11.3 Å². The third kappa shape index (κ3) is 4.07. The van der Waals surface area contributed by atoms with Crippen LogP contribution in [0.1, 0.15) is 15.6 Å². The van der Waals surface area contributed by atoms with E-state index in [1.54, 1.807) is 18.4 Å². The minimum atomic E-state index is 0.687. The fourth-order valence-electron chi connectivity index (χ4n) is 2.28. The number of aryl methyl sites for hydroxylation is 1. The second-order valence-electron chi connectivity index (χ2n) is 5.17. The summed E-state index contributed by atoms with van der Waals surface area (Å²) in [6.45, 7) is 3.52. The Labute approximate surface area is 139 Å². The number of hydrogen-bond donors (Lipinski definition) is 2. The highest BCUT2D eigenvalue weighted by atomic mass is 32.1. The van der Waals surface area contributed by atoms with Crippen molar-refractivity contribution in [1.82, 2.24) is 25.0 Å². The number of imidazole rings is 1. The fourth-order valence-corrected chi connectivity index (χ4v) is 3.01. The largest absolute Gasteiger partial charge is 0.356 e. The Balaban J connectivity index is 1.48. The molecule has 0 aliphatic rings. The van der Waals surface area contributed by atoms with Crippen molar-refractivity contribution >= 4 is 22.9 Å². The Morgan fingerprint density at radius 3 is 3.00 bits per heavy atom. The molecule has 3 rings (SSSR count). The van der Waals surface area contributed by atoms with Crippen LogP contribution in [0.4, 0.5) is 0 Å². The molecule has 3 aromatic rings. The van der Waals surface area contributed by atoms with Crippen LogP contribution in [0.25, 0.3) is 5.65 Å². The predicted molar refractivity (Wildman–Crippen MR) is 93.9 cm³/mol. The van der Waals surface area contributed by atoms with Gasteiger partial charge in [0.25, 0.3) is 0 Å². The van der Waals surface area contributed by atoms with Crippen LogP contribution in [0.5, 0.6) is 0 Å². The molecule has 3 heterocycles. The average Bonchev–Trinajstić information content (AvgIpc) is 3.16. The topological polar surface area (TPSA) is 66.6 Å². The summed E-state index contributed by atoms with van der Waals surface area (Å²) in [5.41, 5.74) is 2.04. The van der Waals surface area contributed by atoms with Gasteiger partial charge in [-0.25, -0.2) is 9.97 Å². The molecule has 0 saturated carbocycles. The maximum Gasteiger partial charge on any atom is 0.191 e. The molecular formula is C16H20N6S. The van der Waals surface area contributed by atoms with Crippen molar-refractivity contribution in [3.05, 3.63) is 52.4 Å². The molecule has 0 radical (unpaired) electrons. The number of aromatic nitrogens is 3. The highest BCUT2D eigenvalue weighted by Crippen LogP contribution is 2.10. The summed E-state index contributed by atoms with van der Waals surface area (Å²) < 4.78 is 2.03. The zero-order valence-corrected chi connectivity index (χ0v) is 14.1. The normalized spacial score (nSPS) is 11.8. The zero-order chi connectivity index (χ0) is 16.1. The number of aliphatic imine (C=N–C) groups is 1. The van der Waals surface area contributed by atoms with Gasteiger partial charge in [0.05, 0.1) is 12.2 Å². The van der Waals surface area contributed by atoms with Crippen LogP contribution >= 0.6 is 11.3 Å². The minimum absolute atomic E-state index is 0.687. The van der Waals surface area contributed by atoms with E-state index in [4.69, 9.17) is 0 Å². The second kappa shape index (κ2) is 7.23. The van der Waals surface area contributed by atoms with Gasteiger partial charge in [0.1, 0.15) is 10.7 Å². The number of rotatable bonds is 5. The first-order chi connectivity index (χ1) is 11.2. The van der Waals surface area contributed by atoms with Crippen LogP contribution in [0, 0.1) is 6.92 Å². The molecular weight excluding hydrogens is 308 g/mol. The number of nitrogens with zero attached hydrogens (tertiary/aromatic N) is 4. The molecule has 0 amide bonds. The van der Waals surface area contributed by atoms with Gasteiger partial charge < -0.3 is 15.0 Å². The Bertz CT molecular complexity index is 771. The smallest absolute Gasteiger partial charge is 0.191 e. The van der Waals surface area contributed by atoms with Gasteiger partial charge in [0.2, 0.25) is 0 Å². The highest BCUT2D eigenvalue weighted by Gasteiger charge is 2.03. The molecule has 0 spiro atoms. The van der Waals surface area contributed by atoms with Crippen molar-refractivity contribution < 1.29 is 0 Å². The summed E-state index contributed by atoms with van der Waals surface area (Å²) in [4.78, 5) is 14.4. The number of fused-ring (bicyclic) bond motifs is 1. The molecule has 0 aliphatic carbocycles. The molecule has 0 aliphatic heterocycles. The van der Waals surface area contributed by atoms with E-state index in [1.807, 2.05) is 35.0 Å². The Hall–Kier alpha value is -2.41. The van der Waals surface area contributed by atoms with Gasteiger partial charge in [0, 0.05) is 43.5 Å². The van der Waals surface area contributed by atoms with Crippen molar-refractivity contribution in [2.24, 2.45) is 4.99 Å². The highest BCUT2D eigenvalue weighted by molar-refractivity contribution is 7.11. The Morgan fingerprint density at radius 1 is 1.35 bits per heavy atom. The lowest BCUT2D eigenvalue weighted by Gasteiger charge is -2.10. The quantitative estimate of drug-likeness (QED) is 0.555. The van der Waals surface area contributed by atoms with Gasteiger partial charge in [0.15, 0.2) is 5.96 Å². The lowest BCUT2D eigenvalue weighted by atomic mass is 10.3. The molecule has 0 saturated heterocycles. The number of nitrogens with one attached hydrogen (secondary N) is 2. The monoisotopic (exact) mass is 328 g/mol. The maximum absolute atomic E-state index is 4.59. The number of thiazole rings is 1. The molecule has 0 aromatic carbocycles. The Morgan fingerprint density at radius 2 is 2.26 bits per heavy atom. The summed E-state index contributed by atoms with van der Waals surface area (Å²) in [6.07, 6.45) is 6.81. The number of hydrogen-bond acceptors (Lipinski definition) is 4. The van der Waals surface area contributed by atoms with Crippen molar-refractivity contribution in [1.29, 1.82) is 0 Å². The molecule has 3 aromatic heterocycles. The van der Waals surface area contributed by atoms with E-state index in [2.05, 4.69) is 38.7 Å². The van der Waals surface area contributed by atoms with E-state index < -0.39 is 0 Å². The summed E-state index contributed by atoms with van der Waals surface area (Å²) in [6, 6.07) is 6.01. The van der Waals surface area contributed by atoms with Crippen LogP contribution in [-0.4, -0.2) is 33.9 Å². The van der Waals surface area contributed by atoms with Crippen LogP contribution < -0.4 is 10.6 Å². The van der Waals surface area contributed by atoms with E-state index in [-0.39, 0.29) is 0 Å². The van der Waals surface area contributed by atoms with Gasteiger partial charge in [-0.2, -0.15) is 0 Å². The van der Waals surface area contributed by atoms with E-state index >= 15 is 0 Å². The van der Waals surface area contributed by atoms with Crippen LogP contribution in [-0.2, 0) is 13.0 Å². The minimum Gasteiger partial charge on any atom is -0.356 e. The second-order valence-corrected chi connectivity index (χ2v) is 6.48. The lowest BCUT2D eigenvalue weighted by Crippen LogP contribution is -2.37. The number of guanidine groups is 1. The molecule has 120 valence electrons. The van der Waals surface area contributed by atoms with Crippen LogP contribution in [0.15, 0.2) is 41.8 Å². The van der Waals surface area contributed by atoms with Crippen molar-refractivity contribution in [2.75, 3.05) is 13.6 Å². The third-order valence-electron chi connectivity index (χ3n) is 3.39. The number of pyridine rings is 1. The molecule has 0 atom stereocenters. The molecule has 0 bridgehead atoms. The summed E-state index contributed by atoms with van der Waals surface area (Å²) in [5.74, 6) is 0.779. The molecule has 7 heteroatoms. The Kier molecular flexibility index (Phi) is 4.87. The average molecular weight is 328 g/mol.